The van der Waals surface area contributed by atoms with Crippen molar-refractivity contribution in [3.63, 3.8) is 0 Å². The number of benzene rings is 1. The van der Waals surface area contributed by atoms with Crippen molar-refractivity contribution in [3.05, 3.63) is 88.4 Å². The highest BCUT2D eigenvalue weighted by Crippen LogP contribution is 2.26. The van der Waals surface area contributed by atoms with Crippen molar-refractivity contribution in [2.45, 2.75) is 6.54 Å². The van der Waals surface area contributed by atoms with Crippen LogP contribution in [0.15, 0.2) is 70.5 Å². The van der Waals surface area contributed by atoms with Crippen molar-refractivity contribution in [1.82, 2.24) is 15.2 Å². The van der Waals surface area contributed by atoms with Gasteiger partial charge in [-0.2, -0.15) is 0 Å². The van der Waals surface area contributed by atoms with Crippen molar-refractivity contribution in [1.29, 1.82) is 0 Å². The number of nitrogens with zero attached hydrogens (tertiary/aromatic N) is 1. The summed E-state index contributed by atoms with van der Waals surface area (Å²) in [6, 6.07) is 10.4. The molecule has 146 valence electrons. The van der Waals surface area contributed by atoms with Crippen LogP contribution in [-0.4, -0.2) is 23.5 Å². The second-order valence-corrected chi connectivity index (χ2v) is 6.32. The van der Waals surface area contributed by atoms with Crippen LogP contribution < -0.4 is 20.8 Å². The van der Waals surface area contributed by atoms with Crippen molar-refractivity contribution >= 4 is 17.4 Å². The molecule has 8 nitrogen and oxygen atoms in total. The van der Waals surface area contributed by atoms with Gasteiger partial charge in [-0.25, -0.2) is 0 Å². The maximum atomic E-state index is 12.4. The lowest BCUT2D eigenvalue weighted by Crippen LogP contribution is -2.37. The van der Waals surface area contributed by atoms with Gasteiger partial charge in [-0.1, -0.05) is 0 Å². The first-order chi connectivity index (χ1) is 14.1. The Bertz CT molecular complexity index is 1180. The minimum atomic E-state index is -0.504. The van der Waals surface area contributed by atoms with E-state index in [1.165, 1.54) is 25.6 Å². The van der Waals surface area contributed by atoms with Gasteiger partial charge in [0, 0.05) is 41.5 Å². The van der Waals surface area contributed by atoms with Gasteiger partial charge >= 0.3 is 0 Å². The maximum absolute atomic E-state index is 12.4. The monoisotopic (exact) mass is 391 g/mol. The molecule has 0 spiro atoms. The van der Waals surface area contributed by atoms with Gasteiger partial charge in [0.1, 0.15) is 12.0 Å². The molecule has 3 heterocycles. The van der Waals surface area contributed by atoms with Crippen molar-refractivity contribution in [2.24, 2.45) is 0 Å². The van der Waals surface area contributed by atoms with Gasteiger partial charge < -0.3 is 19.0 Å². The average molecular weight is 391 g/mol. The number of hydrogen-bond donors (Lipinski definition) is 2. The van der Waals surface area contributed by atoms with Crippen LogP contribution in [0.4, 0.5) is 0 Å². The Morgan fingerprint density at radius 1 is 1.10 bits per heavy atom. The summed E-state index contributed by atoms with van der Waals surface area (Å²) in [5.74, 6) is -0.455. The van der Waals surface area contributed by atoms with Gasteiger partial charge in [-0.05, 0) is 30.3 Å². The zero-order valence-corrected chi connectivity index (χ0v) is 15.5. The van der Waals surface area contributed by atoms with Crippen LogP contribution in [0.5, 0.6) is 5.75 Å². The zero-order chi connectivity index (χ0) is 20.4. The van der Waals surface area contributed by atoms with Gasteiger partial charge in [0.15, 0.2) is 0 Å². The van der Waals surface area contributed by atoms with Gasteiger partial charge in [0.25, 0.3) is 11.8 Å². The molecule has 2 N–H and O–H groups in total. The number of imide groups is 1. The number of carbonyl (C=O) groups excluding carboxylic acids is 2. The van der Waals surface area contributed by atoms with E-state index < -0.39 is 11.8 Å². The quantitative estimate of drug-likeness (QED) is 0.508. The van der Waals surface area contributed by atoms with E-state index in [1.807, 2.05) is 35.2 Å². The summed E-state index contributed by atoms with van der Waals surface area (Å²) >= 11 is 0. The van der Waals surface area contributed by atoms with E-state index in [0.29, 0.717) is 22.5 Å². The van der Waals surface area contributed by atoms with Gasteiger partial charge in [-0.15, -0.1) is 0 Å². The third-order valence-corrected chi connectivity index (χ3v) is 4.51. The maximum Gasteiger partial charge on any atom is 0.260 e. The Morgan fingerprint density at radius 2 is 1.90 bits per heavy atom. The number of methoxy groups -OCH3 is 1. The van der Waals surface area contributed by atoms with Gasteiger partial charge in [0.05, 0.1) is 19.2 Å². The number of fused-ring (bicyclic) bond motifs is 1. The Balaban J connectivity index is 1.63. The number of hydrogen-bond acceptors (Lipinski definition) is 6. The molecule has 0 radical (unpaired) electrons. The average Bonchev–Trinajstić information content (AvgIpc) is 3.25. The lowest BCUT2D eigenvalue weighted by Gasteiger charge is -2.19. The number of nitrogens with one attached hydrogen (secondary N) is 2. The molecule has 0 saturated carbocycles. The number of amides is 2. The molecule has 2 aromatic heterocycles. The fourth-order valence-corrected chi connectivity index (χ4v) is 3.06. The van der Waals surface area contributed by atoms with E-state index in [2.05, 4.69) is 10.6 Å². The molecule has 1 aliphatic rings. The molecule has 0 aliphatic carbocycles. The van der Waals surface area contributed by atoms with Crippen LogP contribution in [0.25, 0.3) is 11.3 Å². The molecule has 1 aromatic carbocycles. The van der Waals surface area contributed by atoms with Crippen molar-refractivity contribution in [2.75, 3.05) is 7.11 Å². The third kappa shape index (κ3) is 3.55. The first kappa shape index (κ1) is 18.3. The Labute approximate surface area is 165 Å². The lowest BCUT2D eigenvalue weighted by molar-refractivity contribution is -0.114. The molecular weight excluding hydrogens is 374 g/mol. The van der Waals surface area contributed by atoms with Crippen LogP contribution in [0, 0.1) is 0 Å². The Hall–Kier alpha value is -4.07. The number of rotatable bonds is 5. The second-order valence-electron chi connectivity index (χ2n) is 6.32. The third-order valence-electron chi connectivity index (χ3n) is 4.51. The Morgan fingerprint density at radius 3 is 2.62 bits per heavy atom. The molecule has 8 heteroatoms. The van der Waals surface area contributed by atoms with E-state index in [1.54, 1.807) is 12.1 Å². The standard InChI is InChI=1S/C21H17N3O5/c1-28-19-12-29-14(9-18(19)25)10-22-11-17-16-8-13(24-6-2-3-7-24)4-5-15(16)20(26)23-21(17)27/h2-9,11-12,22H,10H2,1H3,(H,23,26,27). The fraction of sp³-hybridized carbons (Fsp3) is 0.0952. The van der Waals surface area contributed by atoms with E-state index in [4.69, 9.17) is 9.15 Å². The van der Waals surface area contributed by atoms with Gasteiger partial charge in [0.2, 0.25) is 11.2 Å². The van der Waals surface area contributed by atoms with Gasteiger partial charge in [-0.3, -0.25) is 19.7 Å². The number of carbonyl (C=O) groups is 2. The normalized spacial score (nSPS) is 14.4. The van der Waals surface area contributed by atoms with E-state index in [9.17, 15) is 14.4 Å². The van der Waals surface area contributed by atoms with Crippen LogP contribution >= 0.6 is 0 Å². The lowest BCUT2D eigenvalue weighted by atomic mass is 9.95. The molecule has 1 aliphatic heterocycles. The molecular formula is C21H17N3O5. The van der Waals surface area contributed by atoms with Crippen LogP contribution in [0.3, 0.4) is 0 Å². The second kappa shape index (κ2) is 7.51. The number of ether oxygens (including phenoxy) is 1. The summed E-state index contributed by atoms with van der Waals surface area (Å²) in [7, 11) is 1.39. The summed E-state index contributed by atoms with van der Waals surface area (Å²) in [6.45, 7) is 0.177. The summed E-state index contributed by atoms with van der Waals surface area (Å²) in [5, 5.41) is 5.29. The minimum Gasteiger partial charge on any atom is -0.490 e. The predicted molar refractivity (Wildman–Crippen MR) is 105 cm³/mol. The SMILES string of the molecule is COc1coc(CNC=C2C(=O)NC(=O)c3ccc(-n4cccc4)cc32)cc1=O. The van der Waals surface area contributed by atoms with Crippen molar-refractivity contribution in [3.8, 4) is 11.4 Å². The molecule has 0 atom stereocenters. The molecule has 0 unspecified atom stereocenters. The van der Waals surface area contributed by atoms with Crippen LogP contribution in [0.2, 0.25) is 0 Å². The highest BCUT2D eigenvalue weighted by Gasteiger charge is 2.27. The largest absolute Gasteiger partial charge is 0.490 e. The van der Waals surface area contributed by atoms with E-state index in [0.717, 1.165) is 5.69 Å². The van der Waals surface area contributed by atoms with Crippen molar-refractivity contribution < 1.29 is 18.7 Å². The highest BCUT2D eigenvalue weighted by molar-refractivity contribution is 6.31. The summed E-state index contributed by atoms with van der Waals surface area (Å²) in [5.41, 5.74) is 1.76. The molecule has 0 saturated heterocycles. The molecule has 4 rings (SSSR count). The molecule has 0 fully saturated rings. The molecule has 3 aromatic rings. The molecule has 2 amide bonds. The summed E-state index contributed by atoms with van der Waals surface area (Å²) < 4.78 is 12.1. The zero-order valence-electron chi connectivity index (χ0n) is 15.5. The smallest absolute Gasteiger partial charge is 0.260 e. The topological polar surface area (TPSA) is 103 Å². The highest BCUT2D eigenvalue weighted by atomic mass is 16.5. The van der Waals surface area contributed by atoms with E-state index in [-0.39, 0.29) is 17.7 Å². The molecule has 29 heavy (non-hydrogen) atoms. The van der Waals surface area contributed by atoms with Crippen LogP contribution in [0.1, 0.15) is 21.7 Å². The fourth-order valence-electron chi connectivity index (χ4n) is 3.06. The predicted octanol–water partition coefficient (Wildman–Crippen LogP) is 1.84. The summed E-state index contributed by atoms with van der Waals surface area (Å²) in [6.07, 6.45) is 6.49. The van der Waals surface area contributed by atoms with Crippen LogP contribution in [-0.2, 0) is 11.3 Å². The molecule has 0 bridgehead atoms. The first-order valence-corrected chi connectivity index (χ1v) is 8.79. The minimum absolute atomic E-state index is 0.115. The summed E-state index contributed by atoms with van der Waals surface area (Å²) in [4.78, 5) is 36.4. The Kier molecular flexibility index (Phi) is 4.74. The number of aromatic nitrogens is 1. The first-order valence-electron chi connectivity index (χ1n) is 8.79. The van der Waals surface area contributed by atoms with E-state index >= 15 is 0 Å².